The second kappa shape index (κ2) is 5.74. The van der Waals surface area contributed by atoms with Crippen molar-refractivity contribution in [2.75, 3.05) is 7.11 Å². The molecule has 1 heterocycles. The van der Waals surface area contributed by atoms with E-state index in [4.69, 9.17) is 16.3 Å². The highest BCUT2D eigenvalue weighted by Gasteiger charge is 2.26. The Bertz CT molecular complexity index is 394. The molecular weight excluding hydrogens is 258 g/mol. The van der Waals surface area contributed by atoms with Crippen molar-refractivity contribution in [2.45, 2.75) is 37.1 Å². The molecular formula is C12H16ClNO2S. The third kappa shape index (κ3) is 2.93. The van der Waals surface area contributed by atoms with Crippen molar-refractivity contribution in [3.05, 3.63) is 16.3 Å². The minimum atomic E-state index is -0.0746. The molecule has 0 aromatic carbocycles. The van der Waals surface area contributed by atoms with Gasteiger partial charge in [0.25, 0.3) is 5.91 Å². The van der Waals surface area contributed by atoms with Gasteiger partial charge in [0.1, 0.15) is 10.6 Å². The number of hydrogen-bond donors (Lipinski definition) is 1. The first-order valence-electron chi connectivity index (χ1n) is 5.79. The Morgan fingerprint density at radius 3 is 3.00 bits per heavy atom. The molecule has 1 saturated carbocycles. The molecule has 0 aliphatic heterocycles. The summed E-state index contributed by atoms with van der Waals surface area (Å²) >= 11 is 7.61. The largest absolute Gasteiger partial charge is 0.495 e. The number of carbonyl (C=O) groups is 1. The maximum atomic E-state index is 12.1. The Morgan fingerprint density at radius 2 is 2.29 bits per heavy atom. The van der Waals surface area contributed by atoms with Gasteiger partial charge in [-0.15, -0.1) is 22.9 Å². The first-order valence-corrected chi connectivity index (χ1v) is 7.10. The Kier molecular flexibility index (Phi) is 4.29. The van der Waals surface area contributed by atoms with Crippen LogP contribution in [-0.4, -0.2) is 24.4 Å². The monoisotopic (exact) mass is 273 g/mol. The van der Waals surface area contributed by atoms with Crippen LogP contribution in [0.5, 0.6) is 5.75 Å². The maximum absolute atomic E-state index is 12.1. The van der Waals surface area contributed by atoms with Gasteiger partial charge in [0, 0.05) is 6.04 Å². The minimum Gasteiger partial charge on any atom is -0.495 e. The highest BCUT2D eigenvalue weighted by atomic mass is 35.5. The van der Waals surface area contributed by atoms with Crippen LogP contribution in [-0.2, 0) is 0 Å². The molecule has 1 aliphatic rings. The molecule has 1 N–H and O–H groups in total. The van der Waals surface area contributed by atoms with Crippen molar-refractivity contribution in [2.24, 2.45) is 0 Å². The van der Waals surface area contributed by atoms with Crippen molar-refractivity contribution < 1.29 is 9.53 Å². The Hall–Kier alpha value is -0.740. The van der Waals surface area contributed by atoms with Gasteiger partial charge in [0.2, 0.25) is 0 Å². The van der Waals surface area contributed by atoms with Gasteiger partial charge in [-0.05, 0) is 24.3 Å². The molecule has 1 amide bonds. The van der Waals surface area contributed by atoms with Crippen LogP contribution in [0, 0.1) is 0 Å². The van der Waals surface area contributed by atoms with Gasteiger partial charge in [0.05, 0.1) is 12.5 Å². The van der Waals surface area contributed by atoms with Crippen LogP contribution < -0.4 is 10.1 Å². The molecule has 5 heteroatoms. The lowest BCUT2D eigenvalue weighted by Crippen LogP contribution is -2.42. The number of methoxy groups -OCH3 is 1. The van der Waals surface area contributed by atoms with Crippen LogP contribution in [0.25, 0.3) is 0 Å². The van der Waals surface area contributed by atoms with Gasteiger partial charge >= 0.3 is 0 Å². The normalized spacial score (nSPS) is 24.4. The molecule has 1 fully saturated rings. The molecule has 0 bridgehead atoms. The highest BCUT2D eigenvalue weighted by molar-refractivity contribution is 7.12. The Labute approximate surface area is 110 Å². The van der Waals surface area contributed by atoms with Crippen molar-refractivity contribution >= 4 is 28.8 Å². The van der Waals surface area contributed by atoms with Crippen LogP contribution in [0.1, 0.15) is 35.4 Å². The number of hydrogen-bond acceptors (Lipinski definition) is 3. The van der Waals surface area contributed by atoms with E-state index in [1.807, 2.05) is 5.38 Å². The number of nitrogens with one attached hydrogen (secondary N) is 1. The zero-order valence-corrected chi connectivity index (χ0v) is 11.3. The fourth-order valence-electron chi connectivity index (χ4n) is 2.11. The molecule has 0 radical (unpaired) electrons. The highest BCUT2D eigenvalue weighted by Crippen LogP contribution is 2.27. The van der Waals surface area contributed by atoms with Gasteiger partial charge in [-0.2, -0.15) is 0 Å². The summed E-state index contributed by atoms with van der Waals surface area (Å²) in [5.41, 5.74) is 0. The summed E-state index contributed by atoms with van der Waals surface area (Å²) in [6.07, 6.45) is 4.24. The van der Waals surface area contributed by atoms with Crippen LogP contribution in [0.4, 0.5) is 0 Å². The van der Waals surface area contributed by atoms with Crippen LogP contribution in [0.15, 0.2) is 11.4 Å². The average molecular weight is 274 g/mol. The van der Waals surface area contributed by atoms with E-state index in [0.29, 0.717) is 10.6 Å². The van der Waals surface area contributed by atoms with Crippen LogP contribution >= 0.6 is 22.9 Å². The Balaban J connectivity index is 2.01. The van der Waals surface area contributed by atoms with Crippen LogP contribution in [0.3, 0.4) is 0 Å². The molecule has 1 aromatic rings. The third-order valence-electron chi connectivity index (χ3n) is 3.05. The predicted octanol–water partition coefficient (Wildman–Crippen LogP) is 3.04. The second-order valence-corrected chi connectivity index (χ2v) is 5.68. The number of carbonyl (C=O) groups excluding carboxylic acids is 1. The van der Waals surface area contributed by atoms with E-state index < -0.39 is 0 Å². The fourth-order valence-corrected chi connectivity index (χ4v) is 3.21. The number of thiophene rings is 1. The topological polar surface area (TPSA) is 38.3 Å². The van der Waals surface area contributed by atoms with Crippen molar-refractivity contribution in [3.63, 3.8) is 0 Å². The summed E-state index contributed by atoms with van der Waals surface area (Å²) in [5.74, 6) is 0.559. The minimum absolute atomic E-state index is 0.0543. The average Bonchev–Trinajstić information content (AvgIpc) is 2.80. The van der Waals surface area contributed by atoms with Crippen molar-refractivity contribution in [3.8, 4) is 5.75 Å². The molecule has 0 spiro atoms. The van der Waals surface area contributed by atoms with Gasteiger partial charge in [-0.25, -0.2) is 0 Å². The lowest BCUT2D eigenvalue weighted by molar-refractivity contribution is 0.0930. The molecule has 2 atom stereocenters. The zero-order valence-electron chi connectivity index (χ0n) is 9.74. The number of rotatable bonds is 3. The molecule has 3 nitrogen and oxygen atoms in total. The van der Waals surface area contributed by atoms with Gasteiger partial charge in [-0.3, -0.25) is 4.79 Å². The van der Waals surface area contributed by atoms with E-state index in [0.717, 1.165) is 25.7 Å². The molecule has 2 rings (SSSR count). The Morgan fingerprint density at radius 1 is 1.53 bits per heavy atom. The van der Waals surface area contributed by atoms with E-state index in [1.165, 1.54) is 11.3 Å². The number of halogens is 1. The van der Waals surface area contributed by atoms with E-state index in [1.54, 1.807) is 13.2 Å². The van der Waals surface area contributed by atoms with Crippen LogP contribution in [0.2, 0.25) is 0 Å². The summed E-state index contributed by atoms with van der Waals surface area (Å²) in [7, 11) is 1.57. The second-order valence-electron chi connectivity index (χ2n) is 4.20. The first kappa shape index (κ1) is 12.7. The quantitative estimate of drug-likeness (QED) is 0.860. The molecule has 2 unspecified atom stereocenters. The van der Waals surface area contributed by atoms with Gasteiger partial charge in [0.15, 0.2) is 0 Å². The molecule has 1 aliphatic carbocycles. The SMILES string of the molecule is COc1ccsc1C(=O)NC1CCCCC1Cl. The molecule has 1 aromatic heterocycles. The van der Waals surface area contributed by atoms with E-state index in [-0.39, 0.29) is 17.3 Å². The summed E-state index contributed by atoms with van der Waals surface area (Å²) in [5, 5.41) is 4.91. The zero-order chi connectivity index (χ0) is 12.3. The number of amides is 1. The van der Waals surface area contributed by atoms with Crippen molar-refractivity contribution in [1.29, 1.82) is 0 Å². The fraction of sp³-hybridized carbons (Fsp3) is 0.583. The molecule has 17 heavy (non-hydrogen) atoms. The van der Waals surface area contributed by atoms with E-state index in [9.17, 15) is 4.79 Å². The van der Waals surface area contributed by atoms with Gasteiger partial charge in [-0.1, -0.05) is 12.8 Å². The molecule has 0 saturated heterocycles. The number of alkyl halides is 1. The van der Waals surface area contributed by atoms with Gasteiger partial charge < -0.3 is 10.1 Å². The van der Waals surface area contributed by atoms with E-state index in [2.05, 4.69) is 5.32 Å². The van der Waals surface area contributed by atoms with E-state index >= 15 is 0 Å². The smallest absolute Gasteiger partial charge is 0.265 e. The first-order chi connectivity index (χ1) is 8.22. The standard InChI is InChI=1S/C12H16ClNO2S/c1-16-10-6-7-17-11(10)12(15)14-9-5-3-2-4-8(9)13/h6-9H,2-5H2,1H3,(H,14,15). The summed E-state index contributed by atoms with van der Waals surface area (Å²) in [6.45, 7) is 0. The predicted molar refractivity (Wildman–Crippen MR) is 70.2 cm³/mol. The maximum Gasteiger partial charge on any atom is 0.265 e. The van der Waals surface area contributed by atoms with Crippen molar-refractivity contribution in [1.82, 2.24) is 5.32 Å². The molecule has 94 valence electrons. The number of ether oxygens (including phenoxy) is 1. The summed E-state index contributed by atoms with van der Waals surface area (Å²) in [4.78, 5) is 12.7. The lowest BCUT2D eigenvalue weighted by atomic mass is 9.95. The summed E-state index contributed by atoms with van der Waals surface area (Å²) < 4.78 is 5.14. The lowest BCUT2D eigenvalue weighted by Gasteiger charge is -2.27. The summed E-state index contributed by atoms with van der Waals surface area (Å²) in [6, 6.07) is 1.89. The third-order valence-corrected chi connectivity index (χ3v) is 4.47.